The number of benzene rings is 2. The zero-order chi connectivity index (χ0) is 23.3. The van der Waals surface area contributed by atoms with Gasteiger partial charge in [0.25, 0.3) is 0 Å². The second-order valence-corrected chi connectivity index (χ2v) is 7.05. The highest BCUT2D eigenvalue weighted by atomic mass is 16.2. The Hall–Kier alpha value is -4.30. The van der Waals surface area contributed by atoms with Gasteiger partial charge >= 0.3 is 0 Å². The summed E-state index contributed by atoms with van der Waals surface area (Å²) < 4.78 is 0. The number of carbonyl (C=O) groups excluding carboxylic acids is 2. The lowest BCUT2D eigenvalue weighted by molar-refractivity contribution is -0.123. The molecule has 0 saturated carbocycles. The third-order valence-corrected chi connectivity index (χ3v) is 4.62. The van der Waals surface area contributed by atoms with Gasteiger partial charge in [-0.3, -0.25) is 9.59 Å². The first-order chi connectivity index (χ1) is 15.4. The molecule has 0 aliphatic heterocycles. The Morgan fingerprint density at radius 3 is 1.38 bits per heavy atom. The summed E-state index contributed by atoms with van der Waals surface area (Å²) in [5.41, 5.74) is 9.04. The first-order valence-electron chi connectivity index (χ1n) is 10.1. The number of hydrogen-bond donors (Lipinski definition) is 2. The maximum absolute atomic E-state index is 11.9. The number of hydrazone groups is 2. The zero-order valence-electron chi connectivity index (χ0n) is 18.1. The van der Waals surface area contributed by atoms with E-state index in [4.69, 9.17) is 10.5 Å². The summed E-state index contributed by atoms with van der Waals surface area (Å²) >= 11 is 0. The van der Waals surface area contributed by atoms with Crippen molar-refractivity contribution >= 4 is 23.2 Å². The van der Waals surface area contributed by atoms with Gasteiger partial charge in [0, 0.05) is 12.8 Å². The van der Waals surface area contributed by atoms with Crippen LogP contribution >= 0.6 is 0 Å². The van der Waals surface area contributed by atoms with E-state index in [1.807, 2.05) is 12.1 Å². The predicted octanol–water partition coefficient (Wildman–Crippen LogP) is 3.37. The number of nitrogens with zero attached hydrogens (tertiary/aromatic N) is 4. The van der Waals surface area contributed by atoms with Gasteiger partial charge in [0.05, 0.1) is 34.7 Å². The molecule has 0 aliphatic rings. The second kappa shape index (κ2) is 12.4. The molecule has 2 amide bonds. The average molecular weight is 428 g/mol. The van der Waals surface area contributed by atoms with Crippen LogP contribution < -0.4 is 10.9 Å². The first kappa shape index (κ1) is 24.0. The molecule has 0 unspecified atom stereocenters. The van der Waals surface area contributed by atoms with Crippen molar-refractivity contribution in [3.63, 3.8) is 0 Å². The summed E-state index contributed by atoms with van der Waals surface area (Å²) in [6.07, 6.45) is 1.60. The molecular weight excluding hydrogens is 404 g/mol. The van der Waals surface area contributed by atoms with Crippen LogP contribution in [0.4, 0.5) is 0 Å². The minimum Gasteiger partial charge on any atom is -0.273 e. The van der Waals surface area contributed by atoms with E-state index in [1.165, 1.54) is 0 Å². The molecule has 0 bridgehead atoms. The molecule has 8 heteroatoms. The highest BCUT2D eigenvalue weighted by Crippen LogP contribution is 2.06. The van der Waals surface area contributed by atoms with Gasteiger partial charge in [-0.05, 0) is 62.1 Å². The van der Waals surface area contributed by atoms with E-state index in [-0.39, 0.29) is 24.7 Å². The normalized spacial score (nSPS) is 11.2. The average Bonchev–Trinajstić information content (AvgIpc) is 2.83. The van der Waals surface area contributed by atoms with E-state index in [0.29, 0.717) is 35.4 Å². The largest absolute Gasteiger partial charge is 0.273 e. The number of rotatable bonds is 9. The summed E-state index contributed by atoms with van der Waals surface area (Å²) in [4.78, 5) is 23.9. The molecule has 8 nitrogen and oxygen atoms in total. The molecule has 162 valence electrons. The van der Waals surface area contributed by atoms with Crippen molar-refractivity contribution < 1.29 is 9.59 Å². The van der Waals surface area contributed by atoms with E-state index >= 15 is 0 Å². The van der Waals surface area contributed by atoms with E-state index in [2.05, 4.69) is 21.1 Å². The van der Waals surface area contributed by atoms with Gasteiger partial charge in [-0.2, -0.15) is 20.7 Å². The fourth-order valence-corrected chi connectivity index (χ4v) is 2.68. The Kier molecular flexibility index (Phi) is 9.30. The van der Waals surface area contributed by atoms with Gasteiger partial charge in [0.2, 0.25) is 11.8 Å². The minimum absolute atomic E-state index is 0.229. The predicted molar refractivity (Wildman–Crippen MR) is 121 cm³/mol. The standard InChI is InChI=1S/C24H24N6O2/c1-17(21-11-7-19(15-25)8-12-21)27-29-23(31)5-3-4-6-24(32)30-28-18(2)22-13-9-20(16-26)10-14-22/h7-14H,3-6H2,1-2H3,(H,29,31)(H,30,32). The number of nitriles is 2. The van der Waals surface area contributed by atoms with Crippen LogP contribution in [0.1, 0.15) is 61.8 Å². The molecule has 0 saturated heterocycles. The van der Waals surface area contributed by atoms with Crippen LogP contribution in [-0.4, -0.2) is 23.2 Å². The molecule has 32 heavy (non-hydrogen) atoms. The number of nitrogens with one attached hydrogen (secondary N) is 2. The van der Waals surface area contributed by atoms with Crippen molar-refractivity contribution in [1.82, 2.24) is 10.9 Å². The van der Waals surface area contributed by atoms with Crippen LogP contribution in [0.25, 0.3) is 0 Å². The van der Waals surface area contributed by atoms with Gasteiger partial charge in [0.15, 0.2) is 0 Å². The highest BCUT2D eigenvalue weighted by Gasteiger charge is 2.05. The number of hydrogen-bond acceptors (Lipinski definition) is 6. The highest BCUT2D eigenvalue weighted by molar-refractivity contribution is 5.99. The van der Waals surface area contributed by atoms with E-state index in [0.717, 1.165) is 11.1 Å². The molecule has 0 heterocycles. The van der Waals surface area contributed by atoms with Crippen molar-refractivity contribution in [3.8, 4) is 12.1 Å². The van der Waals surface area contributed by atoms with Crippen molar-refractivity contribution in [3.05, 3.63) is 70.8 Å². The maximum Gasteiger partial charge on any atom is 0.240 e. The van der Waals surface area contributed by atoms with Gasteiger partial charge < -0.3 is 0 Å². The van der Waals surface area contributed by atoms with Crippen LogP contribution in [0.3, 0.4) is 0 Å². The summed E-state index contributed by atoms with van der Waals surface area (Å²) in [6, 6.07) is 18.0. The Bertz CT molecular complexity index is 998. The van der Waals surface area contributed by atoms with Crippen molar-refractivity contribution in [2.24, 2.45) is 10.2 Å². The molecule has 2 rings (SSSR count). The van der Waals surface area contributed by atoms with Crippen LogP contribution in [0.2, 0.25) is 0 Å². The third-order valence-electron chi connectivity index (χ3n) is 4.62. The van der Waals surface area contributed by atoms with Gasteiger partial charge in [-0.15, -0.1) is 0 Å². The molecule has 2 aromatic rings. The van der Waals surface area contributed by atoms with Gasteiger partial charge in [0.1, 0.15) is 0 Å². The SMILES string of the molecule is CC(=NNC(=O)CCCCC(=O)NN=C(C)c1ccc(C#N)cc1)c1ccc(C#N)cc1. The minimum atomic E-state index is -0.229. The Morgan fingerprint density at radius 2 is 1.06 bits per heavy atom. The molecular formula is C24H24N6O2. The summed E-state index contributed by atoms with van der Waals surface area (Å²) in [7, 11) is 0. The Labute approximate surface area is 187 Å². The van der Waals surface area contributed by atoms with Crippen molar-refractivity contribution in [2.45, 2.75) is 39.5 Å². The zero-order valence-corrected chi connectivity index (χ0v) is 18.1. The fourth-order valence-electron chi connectivity index (χ4n) is 2.68. The van der Waals surface area contributed by atoms with Crippen LogP contribution in [0.5, 0.6) is 0 Å². The fraction of sp³-hybridized carbons (Fsp3) is 0.250. The second-order valence-electron chi connectivity index (χ2n) is 7.05. The topological polar surface area (TPSA) is 130 Å². The lowest BCUT2D eigenvalue weighted by Crippen LogP contribution is -2.20. The summed E-state index contributed by atoms with van der Waals surface area (Å²) in [5.74, 6) is -0.457. The molecule has 0 spiro atoms. The summed E-state index contributed by atoms with van der Waals surface area (Å²) in [6.45, 7) is 3.54. The summed E-state index contributed by atoms with van der Waals surface area (Å²) in [5, 5.41) is 25.8. The smallest absolute Gasteiger partial charge is 0.240 e. The molecule has 0 aromatic heterocycles. The lowest BCUT2D eigenvalue weighted by Gasteiger charge is -2.04. The van der Waals surface area contributed by atoms with Crippen LogP contribution in [0, 0.1) is 22.7 Å². The maximum atomic E-state index is 11.9. The monoisotopic (exact) mass is 428 g/mol. The molecule has 2 N–H and O–H groups in total. The number of unbranched alkanes of at least 4 members (excludes halogenated alkanes) is 1. The molecule has 0 fully saturated rings. The number of carbonyl (C=O) groups is 2. The number of amides is 2. The Morgan fingerprint density at radius 1 is 0.719 bits per heavy atom. The van der Waals surface area contributed by atoms with Crippen LogP contribution in [0.15, 0.2) is 58.7 Å². The van der Waals surface area contributed by atoms with Gasteiger partial charge in [-0.25, -0.2) is 10.9 Å². The van der Waals surface area contributed by atoms with Crippen LogP contribution in [-0.2, 0) is 9.59 Å². The van der Waals surface area contributed by atoms with Crippen molar-refractivity contribution in [2.75, 3.05) is 0 Å². The van der Waals surface area contributed by atoms with Crippen molar-refractivity contribution in [1.29, 1.82) is 10.5 Å². The lowest BCUT2D eigenvalue weighted by atomic mass is 10.1. The van der Waals surface area contributed by atoms with Gasteiger partial charge in [-0.1, -0.05) is 24.3 Å². The third kappa shape index (κ3) is 7.85. The Balaban J connectivity index is 1.68. The molecule has 0 atom stereocenters. The van der Waals surface area contributed by atoms with E-state index in [1.54, 1.807) is 62.4 Å². The molecule has 2 aromatic carbocycles. The molecule has 0 radical (unpaired) electrons. The van der Waals surface area contributed by atoms with E-state index in [9.17, 15) is 9.59 Å². The quantitative estimate of drug-likeness (QED) is 0.360. The molecule has 0 aliphatic carbocycles. The van der Waals surface area contributed by atoms with E-state index < -0.39 is 0 Å². The first-order valence-corrected chi connectivity index (χ1v) is 10.1.